The van der Waals surface area contributed by atoms with Crippen LogP contribution in [-0.4, -0.2) is 60.0 Å². The van der Waals surface area contributed by atoms with E-state index in [1.807, 2.05) is 0 Å². The van der Waals surface area contributed by atoms with Gasteiger partial charge in [-0.15, -0.1) is 0 Å². The van der Waals surface area contributed by atoms with Gasteiger partial charge >= 0.3 is 11.9 Å². The molecule has 336 valence electrons. The van der Waals surface area contributed by atoms with Crippen LogP contribution in [0.1, 0.15) is 142 Å². The van der Waals surface area contributed by atoms with Crippen LogP contribution in [0, 0.1) is 58.2 Å². The lowest BCUT2D eigenvalue weighted by Crippen LogP contribution is -2.77. The molecule has 7 heteroatoms. The van der Waals surface area contributed by atoms with Gasteiger partial charge in [0.2, 0.25) is 0 Å². The number of ether oxygens (including phenoxy) is 2. The first kappa shape index (κ1) is 39.5. The predicted molar refractivity (Wildman–Crippen MR) is 247 cm³/mol. The number of esters is 2. The number of allylic oxidation sites excluding steroid dienone is 2. The van der Waals surface area contributed by atoms with E-state index in [9.17, 15) is 4.79 Å². The minimum absolute atomic E-state index is 0.0239. The Kier molecular flexibility index (Phi) is 8.74. The van der Waals surface area contributed by atoms with Gasteiger partial charge in [0.1, 0.15) is 11.2 Å². The smallest absolute Gasteiger partial charge is 0.339 e. The zero-order valence-electron chi connectivity index (χ0n) is 38.3. The minimum atomic E-state index is -0.961. The summed E-state index contributed by atoms with van der Waals surface area (Å²) >= 11 is 0. The van der Waals surface area contributed by atoms with Crippen molar-refractivity contribution >= 4 is 11.9 Å². The second kappa shape index (κ2) is 14.2. The maximum absolute atomic E-state index is 16.2. The Bertz CT molecular complexity index is 2440. The molecule has 0 radical (unpaired) electrons. The number of piperidine rings is 2. The van der Waals surface area contributed by atoms with Crippen molar-refractivity contribution in [3.63, 3.8) is 0 Å². The third-order valence-electron chi connectivity index (χ3n) is 20.9. The summed E-state index contributed by atoms with van der Waals surface area (Å²) in [6.07, 6.45) is 22.9. The number of rotatable bonds is 4. The van der Waals surface area contributed by atoms with E-state index in [1.165, 1.54) is 87.7 Å². The highest BCUT2D eigenvalue weighted by Gasteiger charge is 2.93. The highest BCUT2D eigenvalue weighted by atomic mass is 16.6. The molecule has 2 saturated carbocycles. The summed E-state index contributed by atoms with van der Waals surface area (Å²) in [6.45, 7) is 6.75. The van der Waals surface area contributed by atoms with Crippen molar-refractivity contribution in [2.45, 2.75) is 147 Å². The van der Waals surface area contributed by atoms with Crippen molar-refractivity contribution in [2.75, 3.05) is 26.2 Å². The van der Waals surface area contributed by atoms with Gasteiger partial charge in [-0.1, -0.05) is 85.4 Å². The summed E-state index contributed by atoms with van der Waals surface area (Å²) in [7, 11) is 0. The van der Waals surface area contributed by atoms with Crippen LogP contribution in [0.5, 0.6) is 0 Å². The highest BCUT2D eigenvalue weighted by molar-refractivity contribution is 6.00. The first-order valence-electron chi connectivity index (χ1n) is 26.4. The third-order valence-corrected chi connectivity index (χ3v) is 20.9. The van der Waals surface area contributed by atoms with Gasteiger partial charge in [-0.2, -0.15) is 0 Å². The van der Waals surface area contributed by atoms with E-state index < -0.39 is 16.4 Å². The van der Waals surface area contributed by atoms with Crippen LogP contribution in [0.4, 0.5) is 0 Å². The summed E-state index contributed by atoms with van der Waals surface area (Å²) in [5, 5.41) is 0. The first-order chi connectivity index (χ1) is 31.4. The van der Waals surface area contributed by atoms with Gasteiger partial charge in [-0.25, -0.2) is 4.79 Å². The van der Waals surface area contributed by atoms with E-state index >= 15 is 4.79 Å². The molecule has 2 aromatic carbocycles. The maximum atomic E-state index is 16.2. The Morgan fingerprint density at radius 2 is 1.70 bits per heavy atom. The van der Waals surface area contributed by atoms with E-state index in [0.29, 0.717) is 60.1 Å². The topological polar surface area (TPSA) is 85.1 Å². The summed E-state index contributed by atoms with van der Waals surface area (Å²) in [5.74, 6) is 4.36. The molecule has 15 bridgehead atoms. The second-order valence-electron chi connectivity index (χ2n) is 23.5. The van der Waals surface area contributed by atoms with Crippen LogP contribution >= 0.6 is 0 Å². The molecule has 2 N–H and O–H groups in total. The Morgan fingerprint density at radius 3 is 2.59 bits per heavy atom. The quantitative estimate of drug-likeness (QED) is 0.242. The van der Waals surface area contributed by atoms with Gasteiger partial charge in [0, 0.05) is 54.8 Å². The molecule has 5 fully saturated rings. The van der Waals surface area contributed by atoms with E-state index in [1.54, 1.807) is 16.8 Å². The molecular weight excluding hydrogens is 791 g/mol. The monoisotopic (exact) mass is 860 g/mol. The Balaban J connectivity index is 1.05. The summed E-state index contributed by atoms with van der Waals surface area (Å²) < 4.78 is 14.5. The maximum Gasteiger partial charge on any atom is 0.339 e. The highest BCUT2D eigenvalue weighted by Crippen LogP contribution is 2.87. The molecular formula is C57H69N3O4. The molecule has 3 saturated heterocycles. The molecule has 7 nitrogen and oxygen atoms in total. The Hall–Kier alpha value is -3.68. The molecule has 9 heterocycles. The molecule has 3 spiro atoms. The van der Waals surface area contributed by atoms with Crippen molar-refractivity contribution < 1.29 is 19.1 Å². The molecule has 15 aliphatic rings. The third kappa shape index (κ3) is 4.92. The molecule has 13 atom stereocenters. The van der Waals surface area contributed by atoms with Crippen molar-refractivity contribution in [1.82, 2.24) is 9.80 Å². The average Bonchev–Trinajstić information content (AvgIpc) is 4.00. The fourth-order valence-electron chi connectivity index (χ4n) is 19.1. The SMILES string of the molecule is CC1CC2=C3C4C5=C6CC(Cc7cccc(c7)CCCCC7C68C(=O)OC(=CCC(C6CCCC6)N6CC9CC(C6)C(CC2)N3C9)C8(CC5)C72OC(=O)c3c(CCCN)cccc32)C14. The molecule has 0 aromatic heterocycles. The number of carbonyl (C=O) groups is 2. The zero-order valence-corrected chi connectivity index (χ0v) is 38.3. The van der Waals surface area contributed by atoms with E-state index in [-0.39, 0.29) is 17.9 Å². The summed E-state index contributed by atoms with van der Waals surface area (Å²) in [4.78, 5) is 37.2. The minimum Gasteiger partial charge on any atom is -0.449 e. The average molecular weight is 860 g/mol. The van der Waals surface area contributed by atoms with Crippen LogP contribution in [-0.2, 0) is 39.1 Å². The standard InChI is InChI=1S/C57H69N3O4/c1-33-25-39-18-19-46-41-28-36-30-59(32-41)45(37-12-3-4-13-37)20-21-48-55-23-22-42-44-29-40(49(33)51(42)52(39)60(46)31-36)27-35-11-6-10-34(26-35)9-2-5-17-47(56(44,55)54(62)63-48)57(55)43-16-7-14-38(15-8-24-58)50(43)53(61)64-57/h6-7,10-11,14,16,21,26,33,36-37,40-41,45-47,49,51H,2-5,8-9,12-13,15,17-20,22-25,27-32,58H2,1H3. The Labute approximate surface area is 380 Å². The van der Waals surface area contributed by atoms with Crippen LogP contribution in [0.2, 0.25) is 0 Å². The number of benzene rings is 2. The van der Waals surface area contributed by atoms with Gasteiger partial charge in [-0.3, -0.25) is 9.69 Å². The van der Waals surface area contributed by atoms with E-state index in [0.717, 1.165) is 93.1 Å². The zero-order chi connectivity index (χ0) is 42.7. The molecule has 0 amide bonds. The number of nitrogens with two attached hydrogens (primary N) is 1. The molecule has 64 heavy (non-hydrogen) atoms. The van der Waals surface area contributed by atoms with Crippen LogP contribution in [0.25, 0.3) is 0 Å². The number of aryl methyl sites for hydroxylation is 2. The Morgan fingerprint density at radius 1 is 0.844 bits per heavy atom. The van der Waals surface area contributed by atoms with Gasteiger partial charge in [-0.05, 0) is 168 Å². The van der Waals surface area contributed by atoms with Crippen molar-refractivity contribution in [1.29, 1.82) is 0 Å². The van der Waals surface area contributed by atoms with Crippen molar-refractivity contribution in [3.8, 4) is 0 Å². The fraction of sp³-hybridized carbons (Fsp3) is 0.649. The molecule has 6 aliphatic carbocycles. The van der Waals surface area contributed by atoms with Crippen LogP contribution < -0.4 is 5.73 Å². The molecule has 9 aliphatic heterocycles. The number of hydrogen-bond donors (Lipinski definition) is 1. The van der Waals surface area contributed by atoms with Gasteiger partial charge in [0.15, 0.2) is 5.60 Å². The number of nitrogens with zero attached hydrogens (tertiary/aromatic N) is 2. The van der Waals surface area contributed by atoms with Gasteiger partial charge in [0.05, 0.1) is 11.0 Å². The number of carbonyl (C=O) groups excluding carboxylic acids is 2. The lowest BCUT2D eigenvalue weighted by Gasteiger charge is -2.72. The van der Waals surface area contributed by atoms with Gasteiger partial charge < -0.3 is 20.1 Å². The second-order valence-corrected chi connectivity index (χ2v) is 23.5. The largest absolute Gasteiger partial charge is 0.449 e. The normalized spacial score (nSPS) is 42.5. The molecule has 13 unspecified atom stereocenters. The van der Waals surface area contributed by atoms with Gasteiger partial charge in [0.25, 0.3) is 0 Å². The summed E-state index contributed by atoms with van der Waals surface area (Å²) in [5.41, 5.74) is 15.8. The number of hydrogen-bond acceptors (Lipinski definition) is 7. The lowest BCUT2D eigenvalue weighted by atomic mass is 9.28. The molecule has 2 aromatic rings. The van der Waals surface area contributed by atoms with E-state index in [4.69, 9.17) is 15.2 Å². The lowest BCUT2D eigenvalue weighted by molar-refractivity contribution is -0.278. The predicted octanol–water partition coefficient (Wildman–Crippen LogP) is 9.97. The molecule has 17 rings (SSSR count). The first-order valence-corrected chi connectivity index (χ1v) is 26.4. The van der Waals surface area contributed by atoms with E-state index in [2.05, 4.69) is 65.3 Å². The van der Waals surface area contributed by atoms with Crippen LogP contribution in [0.3, 0.4) is 0 Å². The number of fused-ring (bicyclic) bond motifs is 7. The van der Waals surface area contributed by atoms with Crippen LogP contribution in [0.15, 0.2) is 76.7 Å². The van der Waals surface area contributed by atoms with Crippen molar-refractivity contribution in [2.24, 2.45) is 63.9 Å². The summed E-state index contributed by atoms with van der Waals surface area (Å²) in [6, 6.07) is 17.2. The van der Waals surface area contributed by atoms with Crippen molar-refractivity contribution in [3.05, 3.63) is 105 Å². The fourth-order valence-corrected chi connectivity index (χ4v) is 19.1.